The van der Waals surface area contributed by atoms with Crippen LogP contribution in [0.5, 0.6) is 0 Å². The molecule has 0 spiro atoms. The first-order valence-electron chi connectivity index (χ1n) is 20.3. The number of carbonyl (C=O) groups is 2. The average Bonchev–Trinajstić information content (AvgIpc) is 3.04. The van der Waals surface area contributed by atoms with Gasteiger partial charge in [-0.15, -0.1) is 0 Å². The van der Waals surface area contributed by atoms with Gasteiger partial charge in [-0.2, -0.15) is 0 Å². The van der Waals surface area contributed by atoms with Crippen LogP contribution in [0.4, 0.5) is 0 Å². The quantitative estimate of drug-likeness (QED) is 0.0292. The second-order valence-corrected chi connectivity index (χ2v) is 16.5. The third-order valence-electron chi connectivity index (χ3n) is 8.89. The predicted molar refractivity (Wildman–Crippen MR) is 201 cm³/mol. The third-order valence-corrected chi connectivity index (χ3v) is 9.87. The summed E-state index contributed by atoms with van der Waals surface area (Å²) in [5.41, 5.74) is 0. The molecule has 0 aromatic carbocycles. The zero-order valence-corrected chi connectivity index (χ0v) is 33.6. The number of hydrogen-bond acceptors (Lipinski definition) is 7. The fourth-order valence-corrected chi connectivity index (χ4v) is 6.40. The first-order chi connectivity index (χ1) is 23.5. The van der Waals surface area contributed by atoms with E-state index in [1.54, 1.807) is 0 Å². The summed E-state index contributed by atoms with van der Waals surface area (Å²) in [5, 5.41) is 0. The van der Waals surface area contributed by atoms with Crippen molar-refractivity contribution in [2.45, 2.75) is 193 Å². The molecular weight excluding hydrogens is 641 g/mol. The number of ether oxygens (including phenoxy) is 2. The molecule has 0 saturated heterocycles. The highest BCUT2D eigenvalue weighted by atomic mass is 31.2. The Morgan fingerprint density at radius 1 is 0.551 bits per heavy atom. The van der Waals surface area contributed by atoms with E-state index in [0.717, 1.165) is 32.1 Å². The van der Waals surface area contributed by atoms with E-state index in [9.17, 15) is 19.0 Å². The van der Waals surface area contributed by atoms with Crippen LogP contribution in [0.2, 0.25) is 0 Å². The van der Waals surface area contributed by atoms with Crippen LogP contribution in [-0.2, 0) is 32.7 Å². The van der Waals surface area contributed by atoms with Crippen molar-refractivity contribution in [2.24, 2.45) is 0 Å². The number of likely N-dealkylation sites (N-methyl/N-ethyl adjacent to an activating group) is 1. The molecule has 0 aliphatic carbocycles. The maximum absolute atomic E-state index is 12.6. The van der Waals surface area contributed by atoms with Crippen molar-refractivity contribution >= 4 is 19.8 Å². The van der Waals surface area contributed by atoms with Gasteiger partial charge in [0.15, 0.2) is 6.10 Å². The fourth-order valence-electron chi connectivity index (χ4n) is 5.66. The van der Waals surface area contributed by atoms with Gasteiger partial charge in [0.2, 0.25) is 0 Å². The molecule has 0 rings (SSSR count). The largest absolute Gasteiger partial charge is 0.472 e. The molecular formula is C39H79NO8P+. The Morgan fingerprint density at radius 3 is 1.31 bits per heavy atom. The van der Waals surface area contributed by atoms with Gasteiger partial charge in [0.05, 0.1) is 27.7 Å². The van der Waals surface area contributed by atoms with Crippen molar-refractivity contribution in [3.63, 3.8) is 0 Å². The van der Waals surface area contributed by atoms with Crippen LogP contribution in [0.25, 0.3) is 0 Å². The smallest absolute Gasteiger partial charge is 0.462 e. The number of quaternary nitrogens is 1. The van der Waals surface area contributed by atoms with Gasteiger partial charge in [-0.05, 0) is 12.8 Å². The Balaban J connectivity index is 4.34. The van der Waals surface area contributed by atoms with Crippen molar-refractivity contribution in [3.05, 3.63) is 0 Å². The highest BCUT2D eigenvalue weighted by Gasteiger charge is 2.27. The summed E-state index contributed by atoms with van der Waals surface area (Å²) in [5.74, 6) is -0.790. The lowest BCUT2D eigenvalue weighted by molar-refractivity contribution is -0.870. The molecule has 10 heteroatoms. The van der Waals surface area contributed by atoms with Crippen LogP contribution < -0.4 is 0 Å². The van der Waals surface area contributed by atoms with Gasteiger partial charge in [0.25, 0.3) is 0 Å². The second kappa shape index (κ2) is 32.9. The molecule has 0 aromatic rings. The minimum atomic E-state index is -4.36. The molecule has 0 amide bonds. The third kappa shape index (κ3) is 36.6. The van der Waals surface area contributed by atoms with E-state index in [1.165, 1.54) is 122 Å². The average molecular weight is 721 g/mol. The van der Waals surface area contributed by atoms with Gasteiger partial charge in [-0.3, -0.25) is 18.6 Å². The monoisotopic (exact) mass is 721 g/mol. The molecule has 0 radical (unpaired) electrons. The first kappa shape index (κ1) is 48.0. The molecule has 292 valence electrons. The SMILES string of the molecule is CCCCCCCCCCCCCCCCCC(=O)OC[C@H](COP(=O)(O)OCC[N+](C)(C)C)OC(=O)CCCCCCCCCCCC. The van der Waals surface area contributed by atoms with Crippen molar-refractivity contribution < 1.29 is 42.1 Å². The summed E-state index contributed by atoms with van der Waals surface area (Å²) in [6.07, 6.45) is 30.0. The fraction of sp³-hybridized carbons (Fsp3) is 0.949. The Labute approximate surface area is 302 Å². The van der Waals surface area contributed by atoms with Crippen molar-refractivity contribution in [1.82, 2.24) is 0 Å². The van der Waals surface area contributed by atoms with Crippen molar-refractivity contribution in [1.29, 1.82) is 0 Å². The van der Waals surface area contributed by atoms with E-state index in [4.69, 9.17) is 18.5 Å². The predicted octanol–water partition coefficient (Wildman–Crippen LogP) is 10.9. The Morgan fingerprint density at radius 2 is 0.918 bits per heavy atom. The molecule has 1 unspecified atom stereocenters. The lowest BCUT2D eigenvalue weighted by atomic mass is 10.0. The molecule has 49 heavy (non-hydrogen) atoms. The van der Waals surface area contributed by atoms with Gasteiger partial charge in [-0.25, -0.2) is 4.57 Å². The number of unbranched alkanes of at least 4 members (excludes halogenated alkanes) is 23. The van der Waals surface area contributed by atoms with Crippen LogP contribution >= 0.6 is 7.82 Å². The van der Waals surface area contributed by atoms with Gasteiger partial charge in [0.1, 0.15) is 19.8 Å². The highest BCUT2D eigenvalue weighted by molar-refractivity contribution is 7.47. The van der Waals surface area contributed by atoms with E-state index in [-0.39, 0.29) is 25.6 Å². The van der Waals surface area contributed by atoms with Crippen LogP contribution in [0.15, 0.2) is 0 Å². The molecule has 1 N–H and O–H groups in total. The lowest BCUT2D eigenvalue weighted by Crippen LogP contribution is -2.37. The number of phosphoric acid groups is 1. The van der Waals surface area contributed by atoms with Crippen molar-refractivity contribution in [2.75, 3.05) is 47.5 Å². The Hall–Kier alpha value is -0.990. The molecule has 0 bridgehead atoms. The molecule has 0 saturated carbocycles. The van der Waals surface area contributed by atoms with E-state index in [2.05, 4.69) is 13.8 Å². The van der Waals surface area contributed by atoms with Gasteiger partial charge < -0.3 is 18.9 Å². The summed E-state index contributed by atoms with van der Waals surface area (Å²) in [4.78, 5) is 35.2. The number of phosphoric ester groups is 1. The van der Waals surface area contributed by atoms with Crippen LogP contribution in [-0.4, -0.2) is 74.9 Å². The molecule has 0 aromatic heterocycles. The summed E-state index contributed by atoms with van der Waals surface area (Å²) in [6, 6.07) is 0. The maximum Gasteiger partial charge on any atom is 0.472 e. The highest BCUT2D eigenvalue weighted by Crippen LogP contribution is 2.43. The van der Waals surface area contributed by atoms with E-state index in [1.807, 2.05) is 21.1 Å². The summed E-state index contributed by atoms with van der Waals surface area (Å²) >= 11 is 0. The Bertz CT molecular complexity index is 819. The number of rotatable bonds is 37. The molecule has 0 aliphatic rings. The van der Waals surface area contributed by atoms with E-state index in [0.29, 0.717) is 23.9 Å². The van der Waals surface area contributed by atoms with E-state index < -0.39 is 26.5 Å². The molecule has 0 aliphatic heterocycles. The number of hydrogen-bond donors (Lipinski definition) is 1. The van der Waals surface area contributed by atoms with Crippen LogP contribution in [0.3, 0.4) is 0 Å². The number of nitrogens with zero attached hydrogens (tertiary/aromatic N) is 1. The minimum absolute atomic E-state index is 0.0364. The lowest BCUT2D eigenvalue weighted by Gasteiger charge is -2.24. The maximum atomic E-state index is 12.6. The topological polar surface area (TPSA) is 108 Å². The van der Waals surface area contributed by atoms with Gasteiger partial charge in [0, 0.05) is 12.8 Å². The molecule has 2 atom stereocenters. The normalized spacial score (nSPS) is 13.7. The summed E-state index contributed by atoms with van der Waals surface area (Å²) < 4.78 is 34.2. The second-order valence-electron chi connectivity index (χ2n) is 15.0. The van der Waals surface area contributed by atoms with Crippen LogP contribution in [0.1, 0.15) is 187 Å². The molecule has 0 heterocycles. The summed E-state index contributed by atoms with van der Waals surface area (Å²) in [6.45, 7) is 4.42. The van der Waals surface area contributed by atoms with Gasteiger partial charge >= 0.3 is 19.8 Å². The standard InChI is InChI=1S/C39H78NO8P/c1-6-8-10-12-14-16-18-19-20-21-22-24-25-27-29-31-38(41)45-35-37(36-47-49(43,44)46-34-33-40(3,4)5)48-39(42)32-30-28-26-23-17-15-13-11-9-7-2/h37H,6-36H2,1-5H3/p+1/t37-/m1/s1. The molecule has 9 nitrogen and oxygen atoms in total. The summed E-state index contributed by atoms with van der Waals surface area (Å²) in [7, 11) is 1.49. The number of carbonyl (C=O) groups excluding carboxylic acids is 2. The van der Waals surface area contributed by atoms with Crippen molar-refractivity contribution in [3.8, 4) is 0 Å². The van der Waals surface area contributed by atoms with E-state index >= 15 is 0 Å². The number of esters is 2. The zero-order chi connectivity index (χ0) is 36.5. The zero-order valence-electron chi connectivity index (χ0n) is 32.7. The minimum Gasteiger partial charge on any atom is -0.462 e. The van der Waals surface area contributed by atoms with Crippen LogP contribution in [0, 0.1) is 0 Å². The molecule has 0 fully saturated rings. The first-order valence-corrected chi connectivity index (χ1v) is 21.8. The van der Waals surface area contributed by atoms with Gasteiger partial charge in [-0.1, -0.05) is 162 Å². The Kier molecular flexibility index (Phi) is 32.2.